The van der Waals surface area contributed by atoms with E-state index in [1.165, 1.54) is 6.07 Å². The molecule has 0 aliphatic rings. The molecule has 1 heterocycles. The van der Waals surface area contributed by atoms with Gasteiger partial charge in [0.25, 0.3) is 0 Å². The third-order valence-corrected chi connectivity index (χ3v) is 1.77. The second kappa shape index (κ2) is 5.12. The van der Waals surface area contributed by atoms with Crippen LogP contribution >= 0.6 is 23.2 Å². The van der Waals surface area contributed by atoms with Crippen molar-refractivity contribution in [3.63, 3.8) is 0 Å². The molecule has 0 spiro atoms. The molecule has 1 N–H and O–H groups in total. The van der Waals surface area contributed by atoms with E-state index in [9.17, 15) is 4.79 Å². The zero-order chi connectivity index (χ0) is 10.6. The van der Waals surface area contributed by atoms with Gasteiger partial charge in [-0.15, -0.1) is 0 Å². The Balaban J connectivity index is 2.71. The minimum absolute atomic E-state index is 0.0179. The van der Waals surface area contributed by atoms with Gasteiger partial charge in [-0.25, -0.2) is 9.97 Å². The Morgan fingerprint density at radius 1 is 1.50 bits per heavy atom. The highest BCUT2D eigenvalue weighted by atomic mass is 35.5. The van der Waals surface area contributed by atoms with Gasteiger partial charge in [0, 0.05) is 12.5 Å². The Morgan fingerprint density at radius 2 is 2.21 bits per heavy atom. The van der Waals surface area contributed by atoms with Crippen LogP contribution in [-0.4, -0.2) is 15.9 Å². The largest absolute Gasteiger partial charge is 0.311 e. The molecule has 0 saturated heterocycles. The first kappa shape index (κ1) is 11.2. The van der Waals surface area contributed by atoms with E-state index in [1.54, 1.807) is 0 Å². The van der Waals surface area contributed by atoms with Crippen molar-refractivity contribution in [2.24, 2.45) is 0 Å². The summed E-state index contributed by atoms with van der Waals surface area (Å²) in [5, 5.41) is 2.79. The Kier molecular flexibility index (Phi) is 4.10. The van der Waals surface area contributed by atoms with Gasteiger partial charge in [0.05, 0.1) is 0 Å². The molecular formula is C8H9Cl2N3O. The minimum Gasteiger partial charge on any atom is -0.311 e. The van der Waals surface area contributed by atoms with Gasteiger partial charge in [0.2, 0.25) is 11.2 Å². The summed E-state index contributed by atoms with van der Waals surface area (Å²) in [6.07, 6.45) is 1.22. The van der Waals surface area contributed by atoms with Crippen LogP contribution in [-0.2, 0) is 4.79 Å². The van der Waals surface area contributed by atoms with Crippen molar-refractivity contribution >= 4 is 34.9 Å². The number of carbonyl (C=O) groups excluding carboxylic acids is 1. The molecule has 0 radical (unpaired) electrons. The van der Waals surface area contributed by atoms with E-state index in [-0.39, 0.29) is 16.3 Å². The van der Waals surface area contributed by atoms with Crippen molar-refractivity contribution in [3.8, 4) is 0 Å². The summed E-state index contributed by atoms with van der Waals surface area (Å²) in [6.45, 7) is 1.92. The first-order chi connectivity index (χ1) is 6.61. The molecule has 76 valence electrons. The van der Waals surface area contributed by atoms with Gasteiger partial charge < -0.3 is 5.32 Å². The van der Waals surface area contributed by atoms with Crippen LogP contribution in [0.25, 0.3) is 0 Å². The van der Waals surface area contributed by atoms with Gasteiger partial charge >= 0.3 is 0 Å². The predicted octanol–water partition coefficient (Wildman–Crippen LogP) is 2.52. The molecule has 14 heavy (non-hydrogen) atoms. The van der Waals surface area contributed by atoms with Crippen LogP contribution in [0.3, 0.4) is 0 Å². The van der Waals surface area contributed by atoms with Crippen molar-refractivity contribution in [1.82, 2.24) is 9.97 Å². The number of hydrogen-bond acceptors (Lipinski definition) is 3. The highest BCUT2D eigenvalue weighted by molar-refractivity contribution is 6.32. The first-order valence-corrected chi connectivity index (χ1v) is 4.87. The fourth-order valence-corrected chi connectivity index (χ4v) is 1.30. The quantitative estimate of drug-likeness (QED) is 0.645. The third kappa shape index (κ3) is 3.47. The lowest BCUT2D eigenvalue weighted by atomic mass is 10.3. The lowest BCUT2D eigenvalue weighted by Gasteiger charge is -2.03. The number of nitrogens with one attached hydrogen (secondary N) is 1. The van der Waals surface area contributed by atoms with Crippen LogP contribution in [0.5, 0.6) is 0 Å². The fraction of sp³-hybridized carbons (Fsp3) is 0.375. The Hall–Kier alpha value is -0.870. The van der Waals surface area contributed by atoms with Crippen molar-refractivity contribution in [2.45, 2.75) is 19.8 Å². The highest BCUT2D eigenvalue weighted by Gasteiger charge is 2.04. The normalized spacial score (nSPS) is 9.93. The van der Waals surface area contributed by atoms with Crippen molar-refractivity contribution in [1.29, 1.82) is 0 Å². The van der Waals surface area contributed by atoms with Gasteiger partial charge in [0.1, 0.15) is 11.0 Å². The summed E-state index contributed by atoms with van der Waals surface area (Å²) in [4.78, 5) is 18.6. The number of nitrogens with zero attached hydrogens (tertiary/aromatic N) is 2. The second-order valence-electron chi connectivity index (χ2n) is 2.64. The van der Waals surface area contributed by atoms with Crippen molar-refractivity contribution < 1.29 is 4.79 Å². The summed E-state index contributed by atoms with van der Waals surface area (Å²) in [7, 11) is 0. The molecule has 0 bridgehead atoms. The molecule has 0 unspecified atom stereocenters. The second-order valence-corrected chi connectivity index (χ2v) is 3.37. The maximum atomic E-state index is 11.2. The standard InChI is InChI=1S/C8H9Cl2N3O/c1-2-3-7(14)12-6-4-5(9)11-8(10)13-6/h4H,2-3H2,1H3,(H,11,12,13,14). The van der Waals surface area contributed by atoms with E-state index in [0.717, 1.165) is 6.42 Å². The molecular weight excluding hydrogens is 225 g/mol. The average Bonchev–Trinajstić information content (AvgIpc) is 2.01. The van der Waals surface area contributed by atoms with Gasteiger partial charge in [-0.1, -0.05) is 18.5 Å². The van der Waals surface area contributed by atoms with E-state index in [4.69, 9.17) is 23.2 Å². The summed E-state index contributed by atoms with van der Waals surface area (Å²) < 4.78 is 0. The summed E-state index contributed by atoms with van der Waals surface area (Å²) in [6, 6.07) is 1.45. The zero-order valence-corrected chi connectivity index (χ0v) is 9.06. The topological polar surface area (TPSA) is 54.9 Å². The van der Waals surface area contributed by atoms with E-state index >= 15 is 0 Å². The van der Waals surface area contributed by atoms with Gasteiger partial charge in [-0.3, -0.25) is 4.79 Å². The van der Waals surface area contributed by atoms with Crippen molar-refractivity contribution in [2.75, 3.05) is 5.32 Å². The number of carbonyl (C=O) groups is 1. The summed E-state index contributed by atoms with van der Waals surface area (Å²) in [5.41, 5.74) is 0. The number of anilines is 1. The molecule has 1 aromatic heterocycles. The molecule has 0 aliphatic carbocycles. The van der Waals surface area contributed by atoms with Crippen LogP contribution in [0.4, 0.5) is 5.82 Å². The van der Waals surface area contributed by atoms with E-state index in [1.807, 2.05) is 6.92 Å². The van der Waals surface area contributed by atoms with E-state index < -0.39 is 0 Å². The molecule has 0 fully saturated rings. The summed E-state index contributed by atoms with van der Waals surface area (Å²) >= 11 is 11.2. The molecule has 4 nitrogen and oxygen atoms in total. The van der Waals surface area contributed by atoms with Crippen LogP contribution in [0.1, 0.15) is 19.8 Å². The van der Waals surface area contributed by atoms with Crippen LogP contribution in [0.2, 0.25) is 10.4 Å². The van der Waals surface area contributed by atoms with Gasteiger partial charge in [-0.2, -0.15) is 0 Å². The van der Waals surface area contributed by atoms with E-state index in [2.05, 4.69) is 15.3 Å². The maximum Gasteiger partial charge on any atom is 0.225 e. The highest BCUT2D eigenvalue weighted by Crippen LogP contribution is 2.14. The molecule has 0 atom stereocenters. The molecule has 1 aromatic rings. The number of halogens is 2. The zero-order valence-electron chi connectivity index (χ0n) is 7.55. The number of hydrogen-bond donors (Lipinski definition) is 1. The maximum absolute atomic E-state index is 11.2. The lowest BCUT2D eigenvalue weighted by molar-refractivity contribution is -0.116. The number of amides is 1. The predicted molar refractivity (Wildman–Crippen MR) is 55.6 cm³/mol. The van der Waals surface area contributed by atoms with Crippen LogP contribution in [0, 0.1) is 0 Å². The summed E-state index contributed by atoms with van der Waals surface area (Å²) in [5.74, 6) is 0.215. The molecule has 0 aromatic carbocycles. The molecule has 6 heteroatoms. The number of rotatable bonds is 3. The van der Waals surface area contributed by atoms with Crippen molar-refractivity contribution in [3.05, 3.63) is 16.5 Å². The van der Waals surface area contributed by atoms with Gasteiger partial charge in [-0.05, 0) is 18.0 Å². The lowest BCUT2D eigenvalue weighted by Crippen LogP contribution is -2.12. The first-order valence-electron chi connectivity index (χ1n) is 4.11. The molecule has 1 amide bonds. The van der Waals surface area contributed by atoms with Crippen LogP contribution < -0.4 is 5.32 Å². The SMILES string of the molecule is CCCC(=O)Nc1cc(Cl)nc(Cl)n1. The number of aromatic nitrogens is 2. The Morgan fingerprint density at radius 3 is 2.79 bits per heavy atom. The monoisotopic (exact) mass is 233 g/mol. The Labute approximate surface area is 91.6 Å². The van der Waals surface area contributed by atoms with Crippen LogP contribution in [0.15, 0.2) is 6.07 Å². The van der Waals surface area contributed by atoms with Gasteiger partial charge in [0.15, 0.2) is 0 Å². The molecule has 0 saturated carbocycles. The molecule has 1 rings (SSSR count). The van der Waals surface area contributed by atoms with E-state index in [0.29, 0.717) is 12.2 Å². The fourth-order valence-electron chi connectivity index (χ4n) is 0.886. The average molecular weight is 234 g/mol. The third-order valence-electron chi connectivity index (χ3n) is 1.41. The minimum atomic E-state index is -0.113. The Bertz CT molecular complexity index is 323. The smallest absolute Gasteiger partial charge is 0.225 e. The molecule has 0 aliphatic heterocycles.